The van der Waals surface area contributed by atoms with E-state index in [0.717, 1.165) is 16.0 Å². The van der Waals surface area contributed by atoms with Gasteiger partial charge in [-0.3, -0.25) is 14.2 Å². The lowest BCUT2D eigenvalue weighted by Gasteiger charge is -2.06. The molecule has 0 unspecified atom stereocenters. The predicted octanol–water partition coefficient (Wildman–Crippen LogP) is 3.34. The van der Waals surface area contributed by atoms with Crippen LogP contribution in [0.5, 0.6) is 0 Å². The molecule has 4 aromatic rings. The van der Waals surface area contributed by atoms with Crippen LogP contribution in [0.4, 0.5) is 0 Å². The molecule has 7 heteroatoms. The van der Waals surface area contributed by atoms with E-state index in [-0.39, 0.29) is 24.6 Å². The molecule has 0 bridgehead atoms. The van der Waals surface area contributed by atoms with Crippen molar-refractivity contribution in [2.75, 3.05) is 0 Å². The van der Waals surface area contributed by atoms with Gasteiger partial charge in [0.2, 0.25) is 5.91 Å². The van der Waals surface area contributed by atoms with Crippen LogP contribution >= 0.6 is 11.3 Å². The quantitative estimate of drug-likeness (QED) is 0.577. The lowest BCUT2D eigenvalue weighted by molar-refractivity contribution is -0.122. The molecule has 0 atom stereocenters. The van der Waals surface area contributed by atoms with Crippen LogP contribution in [-0.4, -0.2) is 15.5 Å². The van der Waals surface area contributed by atoms with E-state index in [1.807, 2.05) is 37.3 Å². The van der Waals surface area contributed by atoms with Crippen LogP contribution in [0.2, 0.25) is 0 Å². The fourth-order valence-electron chi connectivity index (χ4n) is 2.95. The first-order valence-electron chi connectivity index (χ1n) is 8.46. The van der Waals surface area contributed by atoms with E-state index in [4.69, 9.17) is 4.42 Å². The van der Waals surface area contributed by atoms with Crippen molar-refractivity contribution in [1.82, 2.24) is 14.9 Å². The van der Waals surface area contributed by atoms with Gasteiger partial charge in [0.15, 0.2) is 0 Å². The van der Waals surface area contributed by atoms with Crippen molar-refractivity contribution >= 4 is 27.5 Å². The smallest absolute Gasteiger partial charge is 0.262 e. The number of hydrogen-bond acceptors (Lipinski definition) is 5. The van der Waals surface area contributed by atoms with E-state index in [1.54, 1.807) is 18.4 Å². The number of nitrogens with zero attached hydrogens (tertiary/aromatic N) is 2. The summed E-state index contributed by atoms with van der Waals surface area (Å²) in [6.07, 6.45) is 2.98. The van der Waals surface area contributed by atoms with Crippen LogP contribution in [0.15, 0.2) is 64.3 Å². The van der Waals surface area contributed by atoms with Gasteiger partial charge < -0.3 is 9.73 Å². The summed E-state index contributed by atoms with van der Waals surface area (Å²) < 4.78 is 6.52. The molecule has 0 aliphatic carbocycles. The summed E-state index contributed by atoms with van der Waals surface area (Å²) in [6.45, 7) is 2.12. The Bertz CT molecular complexity index is 1140. The fourth-order valence-corrected chi connectivity index (χ4v) is 4.09. The summed E-state index contributed by atoms with van der Waals surface area (Å²) in [4.78, 5) is 31.2. The van der Waals surface area contributed by atoms with Crippen LogP contribution in [0.25, 0.3) is 20.7 Å². The zero-order chi connectivity index (χ0) is 18.8. The van der Waals surface area contributed by atoms with Gasteiger partial charge >= 0.3 is 0 Å². The maximum atomic E-state index is 12.9. The number of hydrogen-bond donors (Lipinski definition) is 1. The maximum absolute atomic E-state index is 12.9. The lowest BCUT2D eigenvalue weighted by atomic mass is 10.1. The van der Waals surface area contributed by atoms with E-state index in [2.05, 4.69) is 10.3 Å². The summed E-state index contributed by atoms with van der Waals surface area (Å²) in [5.41, 5.74) is 1.74. The Balaban J connectivity index is 1.61. The van der Waals surface area contributed by atoms with Crippen molar-refractivity contribution in [2.45, 2.75) is 20.0 Å². The average Bonchev–Trinajstić information content (AvgIpc) is 3.31. The first-order chi connectivity index (χ1) is 13.1. The average molecular weight is 379 g/mol. The Kier molecular flexibility index (Phi) is 4.60. The third-order valence-electron chi connectivity index (χ3n) is 4.31. The molecule has 0 aliphatic rings. The van der Waals surface area contributed by atoms with Crippen LogP contribution in [0.3, 0.4) is 0 Å². The monoisotopic (exact) mass is 379 g/mol. The fraction of sp³-hybridized carbons (Fsp3) is 0.150. The summed E-state index contributed by atoms with van der Waals surface area (Å²) in [7, 11) is 0. The number of carbonyl (C=O) groups excluding carboxylic acids is 1. The minimum atomic E-state index is -0.272. The predicted molar refractivity (Wildman–Crippen MR) is 105 cm³/mol. The molecule has 0 saturated heterocycles. The third kappa shape index (κ3) is 3.41. The van der Waals surface area contributed by atoms with Gasteiger partial charge in [-0.15, -0.1) is 11.3 Å². The van der Waals surface area contributed by atoms with Crippen molar-refractivity contribution in [3.8, 4) is 10.4 Å². The van der Waals surface area contributed by atoms with E-state index in [9.17, 15) is 9.59 Å². The van der Waals surface area contributed by atoms with E-state index in [0.29, 0.717) is 16.0 Å². The van der Waals surface area contributed by atoms with E-state index >= 15 is 0 Å². The standard InChI is InChI=1S/C20H17N3O3S/c1-13-17-19(27-18(13)14-6-3-2-4-7-14)22-12-23(20(17)25)11-16(24)21-10-15-8-5-9-26-15/h2-9,12H,10-11H2,1H3,(H,21,24). The Labute approximate surface area is 159 Å². The van der Waals surface area contributed by atoms with Crippen LogP contribution in [0.1, 0.15) is 11.3 Å². The molecule has 0 saturated carbocycles. The zero-order valence-corrected chi connectivity index (χ0v) is 15.5. The molecule has 0 spiro atoms. The first-order valence-corrected chi connectivity index (χ1v) is 9.28. The Morgan fingerprint density at radius 2 is 2.04 bits per heavy atom. The molecule has 27 heavy (non-hydrogen) atoms. The highest BCUT2D eigenvalue weighted by Gasteiger charge is 2.16. The van der Waals surface area contributed by atoms with E-state index in [1.165, 1.54) is 22.2 Å². The second-order valence-corrected chi connectivity index (χ2v) is 7.14. The van der Waals surface area contributed by atoms with Crippen LogP contribution in [-0.2, 0) is 17.9 Å². The molecule has 6 nitrogen and oxygen atoms in total. The maximum Gasteiger partial charge on any atom is 0.262 e. The van der Waals surface area contributed by atoms with Gasteiger partial charge in [-0.1, -0.05) is 30.3 Å². The van der Waals surface area contributed by atoms with Gasteiger partial charge in [0.1, 0.15) is 17.1 Å². The summed E-state index contributed by atoms with van der Waals surface area (Å²) in [5.74, 6) is 0.385. The number of benzene rings is 1. The van der Waals surface area contributed by atoms with Crippen molar-refractivity contribution in [3.63, 3.8) is 0 Å². The number of aromatic nitrogens is 2. The molecule has 1 N–H and O–H groups in total. The van der Waals surface area contributed by atoms with Crippen molar-refractivity contribution in [1.29, 1.82) is 0 Å². The highest BCUT2D eigenvalue weighted by molar-refractivity contribution is 7.22. The number of rotatable bonds is 5. The SMILES string of the molecule is Cc1c(-c2ccccc2)sc2ncn(CC(=O)NCc3ccco3)c(=O)c12. The minimum absolute atomic E-state index is 0.0849. The minimum Gasteiger partial charge on any atom is -0.467 e. The topological polar surface area (TPSA) is 77.1 Å². The van der Waals surface area contributed by atoms with Gasteiger partial charge in [0.25, 0.3) is 5.56 Å². The van der Waals surface area contributed by atoms with Crippen LogP contribution in [0, 0.1) is 6.92 Å². The second-order valence-electron chi connectivity index (χ2n) is 6.14. The third-order valence-corrected chi connectivity index (χ3v) is 5.56. The van der Waals surface area contributed by atoms with Gasteiger partial charge in [0, 0.05) is 4.88 Å². The van der Waals surface area contributed by atoms with Crippen molar-refractivity contribution in [3.05, 3.63) is 76.7 Å². The molecule has 1 amide bonds. The normalized spacial score (nSPS) is 11.0. The molecule has 136 valence electrons. The lowest BCUT2D eigenvalue weighted by Crippen LogP contribution is -2.32. The molecule has 4 rings (SSSR count). The Morgan fingerprint density at radius 1 is 1.22 bits per heavy atom. The molecule has 1 aromatic carbocycles. The highest BCUT2D eigenvalue weighted by atomic mass is 32.1. The number of furan rings is 1. The van der Waals surface area contributed by atoms with Crippen LogP contribution < -0.4 is 10.9 Å². The summed E-state index contributed by atoms with van der Waals surface area (Å²) in [6, 6.07) is 13.4. The molecule has 0 fully saturated rings. The van der Waals surface area contributed by atoms with E-state index < -0.39 is 0 Å². The summed E-state index contributed by atoms with van der Waals surface area (Å²) in [5, 5.41) is 3.31. The molecule has 0 aliphatic heterocycles. The zero-order valence-electron chi connectivity index (χ0n) is 14.6. The highest BCUT2D eigenvalue weighted by Crippen LogP contribution is 2.35. The largest absolute Gasteiger partial charge is 0.467 e. The molecular formula is C20H17N3O3S. The number of thiophene rings is 1. The number of amides is 1. The Morgan fingerprint density at radius 3 is 2.78 bits per heavy atom. The number of aryl methyl sites for hydroxylation is 1. The summed E-state index contributed by atoms with van der Waals surface area (Å²) >= 11 is 1.49. The Hall–Kier alpha value is -3.19. The molecule has 3 heterocycles. The van der Waals surface area contributed by atoms with Gasteiger partial charge in [-0.2, -0.15) is 0 Å². The molecular weight excluding hydrogens is 362 g/mol. The number of nitrogens with one attached hydrogen (secondary N) is 1. The van der Waals surface area contributed by atoms with Crippen molar-refractivity contribution in [2.24, 2.45) is 0 Å². The number of carbonyl (C=O) groups is 1. The van der Waals surface area contributed by atoms with Gasteiger partial charge in [-0.05, 0) is 30.2 Å². The van der Waals surface area contributed by atoms with Crippen molar-refractivity contribution < 1.29 is 9.21 Å². The number of fused-ring (bicyclic) bond motifs is 1. The first kappa shape index (κ1) is 17.2. The van der Waals surface area contributed by atoms with Gasteiger partial charge in [-0.25, -0.2) is 4.98 Å². The second kappa shape index (κ2) is 7.20. The molecule has 3 aromatic heterocycles. The van der Waals surface area contributed by atoms with Gasteiger partial charge in [0.05, 0.1) is 24.5 Å². The molecule has 0 radical (unpaired) electrons.